The van der Waals surface area contributed by atoms with Crippen molar-refractivity contribution in [3.8, 4) is 0 Å². The molecule has 2 rings (SSSR count). The lowest BCUT2D eigenvalue weighted by atomic mass is 9.95. The van der Waals surface area contributed by atoms with Crippen molar-refractivity contribution in [2.45, 2.75) is 31.8 Å². The van der Waals surface area contributed by atoms with Gasteiger partial charge in [0.15, 0.2) is 0 Å². The first-order chi connectivity index (χ1) is 11.9. The van der Waals surface area contributed by atoms with Crippen molar-refractivity contribution in [1.29, 1.82) is 0 Å². The summed E-state index contributed by atoms with van der Waals surface area (Å²) < 4.78 is 10.2. The molecule has 6 nitrogen and oxygen atoms in total. The quantitative estimate of drug-likeness (QED) is 0.585. The Morgan fingerprint density at radius 1 is 0.920 bits per heavy atom. The van der Waals surface area contributed by atoms with Crippen LogP contribution in [0.3, 0.4) is 0 Å². The van der Waals surface area contributed by atoms with E-state index in [1.165, 1.54) is 6.92 Å². The number of carbonyl (C=O) groups excluding carboxylic acids is 2. The first kappa shape index (κ1) is 18.6. The Hall–Kier alpha value is -2.70. The molecule has 0 heterocycles. The molecule has 0 amide bonds. The van der Waals surface area contributed by atoms with Crippen LogP contribution in [0.5, 0.6) is 0 Å². The number of rotatable bonds is 7. The summed E-state index contributed by atoms with van der Waals surface area (Å²) in [4.78, 5) is 24.6. The normalized spacial score (nSPS) is 12.3. The summed E-state index contributed by atoms with van der Waals surface area (Å²) >= 11 is 0. The molecule has 132 valence electrons. The first-order valence-corrected chi connectivity index (χ1v) is 7.84. The lowest BCUT2D eigenvalue weighted by Gasteiger charge is -2.27. The van der Waals surface area contributed by atoms with Gasteiger partial charge in [0.05, 0.1) is 6.10 Å². The molecule has 0 aliphatic rings. The average molecular weight is 343 g/mol. The van der Waals surface area contributed by atoms with E-state index in [9.17, 15) is 14.7 Å². The second-order valence-corrected chi connectivity index (χ2v) is 5.67. The van der Waals surface area contributed by atoms with E-state index in [2.05, 4.69) is 0 Å². The van der Waals surface area contributed by atoms with Crippen molar-refractivity contribution in [2.75, 3.05) is 0 Å². The monoisotopic (exact) mass is 343 g/mol. The average Bonchev–Trinajstić information content (AvgIpc) is 2.64. The molecule has 0 aliphatic heterocycles. The maximum Gasteiger partial charge on any atom is 0.340 e. The minimum Gasteiger partial charge on any atom is -0.459 e. The molecule has 0 saturated carbocycles. The highest BCUT2D eigenvalue weighted by Gasteiger charge is 2.50. The number of benzene rings is 2. The topological polar surface area (TPSA) is 98.9 Å². The maximum absolute atomic E-state index is 12.3. The van der Waals surface area contributed by atoms with Crippen LogP contribution in [-0.2, 0) is 32.3 Å². The van der Waals surface area contributed by atoms with Gasteiger partial charge in [0.25, 0.3) is 0 Å². The number of hydrogen-bond donors (Lipinski definition) is 2. The van der Waals surface area contributed by atoms with E-state index in [1.807, 2.05) is 12.1 Å². The van der Waals surface area contributed by atoms with Crippen molar-refractivity contribution in [3.63, 3.8) is 0 Å². The number of carbonyl (C=O) groups is 2. The highest BCUT2D eigenvalue weighted by molar-refractivity contribution is 6.05. The van der Waals surface area contributed by atoms with Crippen LogP contribution in [0.2, 0.25) is 0 Å². The van der Waals surface area contributed by atoms with Gasteiger partial charge in [-0.2, -0.15) is 0 Å². The van der Waals surface area contributed by atoms with Crippen molar-refractivity contribution in [2.24, 2.45) is 5.73 Å². The lowest BCUT2D eigenvalue weighted by molar-refractivity contribution is -0.171. The number of aliphatic hydroxyl groups excluding tert-OH is 1. The molecule has 3 N–H and O–H groups in total. The summed E-state index contributed by atoms with van der Waals surface area (Å²) in [7, 11) is 0. The van der Waals surface area contributed by atoms with Crippen LogP contribution in [0.1, 0.15) is 18.1 Å². The fraction of sp³-hybridized carbons (Fsp3) is 0.263. The third-order valence-corrected chi connectivity index (χ3v) is 3.76. The van der Waals surface area contributed by atoms with Crippen molar-refractivity contribution in [3.05, 3.63) is 71.8 Å². The fourth-order valence-corrected chi connectivity index (χ4v) is 2.11. The van der Waals surface area contributed by atoms with Gasteiger partial charge in [-0.05, 0) is 18.1 Å². The Morgan fingerprint density at radius 3 is 1.60 bits per heavy atom. The summed E-state index contributed by atoms with van der Waals surface area (Å²) in [6.07, 6.45) is -1.47. The van der Waals surface area contributed by atoms with Crippen LogP contribution in [-0.4, -0.2) is 28.7 Å². The smallest absolute Gasteiger partial charge is 0.340 e. The molecule has 25 heavy (non-hydrogen) atoms. The Morgan fingerprint density at radius 2 is 1.28 bits per heavy atom. The Balaban J connectivity index is 2.02. The van der Waals surface area contributed by atoms with Crippen LogP contribution in [0.25, 0.3) is 0 Å². The third kappa shape index (κ3) is 4.65. The number of hydrogen-bond acceptors (Lipinski definition) is 6. The van der Waals surface area contributed by atoms with Crippen LogP contribution in [0, 0.1) is 0 Å². The molecule has 2 aromatic rings. The zero-order valence-corrected chi connectivity index (χ0v) is 13.9. The molecule has 0 aliphatic carbocycles. The molecular formula is C19H21NO5. The molecule has 0 radical (unpaired) electrons. The van der Waals surface area contributed by atoms with Gasteiger partial charge in [-0.15, -0.1) is 0 Å². The Bertz CT molecular complexity index is 645. The van der Waals surface area contributed by atoms with Crippen molar-refractivity contribution >= 4 is 11.9 Å². The molecule has 0 spiro atoms. The molecular weight excluding hydrogens is 322 g/mol. The minimum absolute atomic E-state index is 0.0582. The van der Waals surface area contributed by atoms with Crippen molar-refractivity contribution in [1.82, 2.24) is 0 Å². The second kappa shape index (κ2) is 8.41. The summed E-state index contributed by atoms with van der Waals surface area (Å²) in [6.45, 7) is 1.13. The molecule has 1 atom stereocenters. The number of ether oxygens (including phenoxy) is 2. The van der Waals surface area contributed by atoms with Gasteiger partial charge in [0.2, 0.25) is 5.54 Å². The number of nitrogens with two attached hydrogens (primary N) is 1. The van der Waals surface area contributed by atoms with Gasteiger partial charge in [-0.25, -0.2) is 9.59 Å². The molecule has 0 aromatic heterocycles. The van der Waals surface area contributed by atoms with E-state index in [0.29, 0.717) is 0 Å². The largest absolute Gasteiger partial charge is 0.459 e. The maximum atomic E-state index is 12.3. The van der Waals surface area contributed by atoms with E-state index in [0.717, 1.165) is 11.1 Å². The SMILES string of the molecule is C[C@@H](O)C(N)(C(=O)OCc1ccccc1)C(=O)OCc1ccccc1. The summed E-state index contributed by atoms with van der Waals surface area (Å²) in [5, 5.41) is 9.88. The Labute approximate surface area is 146 Å². The zero-order valence-electron chi connectivity index (χ0n) is 13.9. The second-order valence-electron chi connectivity index (χ2n) is 5.67. The van der Waals surface area contributed by atoms with E-state index >= 15 is 0 Å². The van der Waals surface area contributed by atoms with Crippen LogP contribution < -0.4 is 5.73 Å². The predicted molar refractivity (Wildman–Crippen MR) is 91.1 cm³/mol. The van der Waals surface area contributed by atoms with Gasteiger partial charge in [0.1, 0.15) is 13.2 Å². The predicted octanol–water partition coefficient (Wildman–Crippen LogP) is 1.55. The van der Waals surface area contributed by atoms with E-state index in [-0.39, 0.29) is 13.2 Å². The van der Waals surface area contributed by atoms with E-state index in [1.54, 1.807) is 48.5 Å². The third-order valence-electron chi connectivity index (χ3n) is 3.76. The highest BCUT2D eigenvalue weighted by atomic mass is 16.6. The fourth-order valence-electron chi connectivity index (χ4n) is 2.11. The molecule has 0 bridgehead atoms. The van der Waals surface area contributed by atoms with Crippen LogP contribution in [0.15, 0.2) is 60.7 Å². The highest BCUT2D eigenvalue weighted by Crippen LogP contribution is 2.15. The van der Waals surface area contributed by atoms with Crippen LogP contribution in [0.4, 0.5) is 0 Å². The molecule has 0 unspecified atom stereocenters. The van der Waals surface area contributed by atoms with Gasteiger partial charge in [0, 0.05) is 0 Å². The minimum atomic E-state index is -2.29. The van der Waals surface area contributed by atoms with Crippen LogP contribution >= 0.6 is 0 Å². The Kier molecular flexibility index (Phi) is 6.27. The van der Waals surface area contributed by atoms with Gasteiger partial charge < -0.3 is 20.3 Å². The van der Waals surface area contributed by atoms with E-state index in [4.69, 9.17) is 15.2 Å². The summed E-state index contributed by atoms with van der Waals surface area (Å²) in [6, 6.07) is 17.9. The first-order valence-electron chi connectivity index (χ1n) is 7.84. The standard InChI is InChI=1S/C19H21NO5/c1-14(21)19(20,17(22)24-12-15-8-4-2-5-9-15)18(23)25-13-16-10-6-3-7-11-16/h2-11,14,21H,12-13,20H2,1H3/t14-/m1/s1. The number of esters is 2. The molecule has 0 fully saturated rings. The van der Waals surface area contributed by atoms with Crippen molar-refractivity contribution < 1.29 is 24.2 Å². The summed E-state index contributed by atoms with van der Waals surface area (Å²) in [5.74, 6) is -2.08. The summed E-state index contributed by atoms with van der Waals surface area (Å²) in [5.41, 5.74) is 5.04. The number of aliphatic hydroxyl groups is 1. The zero-order chi connectivity index (χ0) is 18.3. The van der Waals surface area contributed by atoms with Gasteiger partial charge >= 0.3 is 11.9 Å². The molecule has 2 aromatic carbocycles. The lowest BCUT2D eigenvalue weighted by Crippen LogP contribution is -2.63. The molecule has 6 heteroatoms. The van der Waals surface area contributed by atoms with Gasteiger partial charge in [-0.1, -0.05) is 60.7 Å². The molecule has 0 saturated heterocycles. The van der Waals surface area contributed by atoms with E-state index < -0.39 is 23.6 Å². The van der Waals surface area contributed by atoms with Gasteiger partial charge in [-0.3, -0.25) is 0 Å².